The van der Waals surface area contributed by atoms with E-state index in [1.165, 1.54) is 6.26 Å². The third-order valence-electron chi connectivity index (χ3n) is 1.50. The van der Waals surface area contributed by atoms with Crippen LogP contribution in [0.2, 0.25) is 0 Å². The molecule has 1 rings (SSSR count). The fourth-order valence-corrected chi connectivity index (χ4v) is 0.938. The van der Waals surface area contributed by atoms with Crippen molar-refractivity contribution in [2.75, 3.05) is 6.61 Å². The van der Waals surface area contributed by atoms with Crippen molar-refractivity contribution in [2.24, 2.45) is 0 Å². The van der Waals surface area contributed by atoms with E-state index in [-0.39, 0.29) is 5.69 Å². The number of carbonyl (C=O) groups is 1. The number of hydrogen-bond acceptors (Lipinski definition) is 4. The van der Waals surface area contributed by atoms with Crippen LogP contribution in [0.15, 0.2) is 10.7 Å². The van der Waals surface area contributed by atoms with E-state index in [1.54, 1.807) is 6.92 Å². The van der Waals surface area contributed by atoms with Crippen LogP contribution in [-0.4, -0.2) is 17.6 Å². The molecule has 4 nitrogen and oxygen atoms in total. The lowest BCUT2D eigenvalue weighted by Gasteiger charge is -1.94. The number of aryl methyl sites for hydroxylation is 1. The van der Waals surface area contributed by atoms with Crippen molar-refractivity contribution in [3.63, 3.8) is 0 Å². The van der Waals surface area contributed by atoms with Crippen LogP contribution in [0.5, 0.6) is 0 Å². The first-order valence-electron chi connectivity index (χ1n) is 4.39. The van der Waals surface area contributed by atoms with Crippen molar-refractivity contribution < 1.29 is 13.9 Å². The molecule has 13 heavy (non-hydrogen) atoms. The molecular formula is C9H13NO3. The van der Waals surface area contributed by atoms with Gasteiger partial charge >= 0.3 is 5.97 Å². The molecule has 0 atom stereocenters. The second-order valence-corrected chi connectivity index (χ2v) is 2.60. The number of nitrogens with zero attached hydrogens (tertiary/aromatic N) is 1. The van der Waals surface area contributed by atoms with E-state index in [4.69, 9.17) is 9.15 Å². The quantitative estimate of drug-likeness (QED) is 0.668. The predicted molar refractivity (Wildman–Crippen MR) is 46.5 cm³/mol. The molecule has 0 aliphatic rings. The third-order valence-corrected chi connectivity index (χ3v) is 1.50. The highest BCUT2D eigenvalue weighted by atomic mass is 16.5. The number of ether oxygens (including phenoxy) is 1. The van der Waals surface area contributed by atoms with Crippen LogP contribution >= 0.6 is 0 Å². The van der Waals surface area contributed by atoms with Crippen LogP contribution in [0.4, 0.5) is 0 Å². The molecule has 4 heteroatoms. The molecule has 0 spiro atoms. The maximum Gasteiger partial charge on any atom is 0.360 e. The lowest BCUT2D eigenvalue weighted by Crippen LogP contribution is -2.04. The van der Waals surface area contributed by atoms with E-state index < -0.39 is 5.97 Å². The zero-order valence-corrected chi connectivity index (χ0v) is 7.87. The monoisotopic (exact) mass is 183 g/mol. The normalized spacial score (nSPS) is 10.0. The number of hydrogen-bond donors (Lipinski definition) is 0. The summed E-state index contributed by atoms with van der Waals surface area (Å²) in [5, 5.41) is 0. The molecule has 0 aliphatic heterocycles. The number of carbonyl (C=O) groups excluding carboxylic acids is 1. The Morgan fingerprint density at radius 1 is 1.62 bits per heavy atom. The number of rotatable bonds is 4. The molecule has 1 aromatic rings. The van der Waals surface area contributed by atoms with Gasteiger partial charge in [0.1, 0.15) is 6.26 Å². The lowest BCUT2D eigenvalue weighted by molar-refractivity contribution is 0.0519. The van der Waals surface area contributed by atoms with Crippen LogP contribution in [-0.2, 0) is 11.2 Å². The molecule has 1 aromatic heterocycles. The molecular weight excluding hydrogens is 170 g/mol. The number of aromatic nitrogens is 1. The highest BCUT2D eigenvalue weighted by Gasteiger charge is 2.11. The van der Waals surface area contributed by atoms with Gasteiger partial charge in [-0.15, -0.1) is 0 Å². The van der Waals surface area contributed by atoms with Crippen molar-refractivity contribution in [3.8, 4) is 0 Å². The zero-order chi connectivity index (χ0) is 9.68. The Morgan fingerprint density at radius 2 is 2.38 bits per heavy atom. The van der Waals surface area contributed by atoms with Gasteiger partial charge in [0.15, 0.2) is 11.6 Å². The fraction of sp³-hybridized carbons (Fsp3) is 0.556. The molecule has 1 heterocycles. The molecule has 0 N–H and O–H groups in total. The summed E-state index contributed by atoms with van der Waals surface area (Å²) in [6, 6.07) is 0. The second kappa shape index (κ2) is 4.64. The Bertz CT molecular complexity index is 280. The molecule has 0 fully saturated rings. The second-order valence-electron chi connectivity index (χ2n) is 2.60. The molecule has 0 amide bonds. The Hall–Kier alpha value is -1.32. The van der Waals surface area contributed by atoms with Gasteiger partial charge in [0.25, 0.3) is 0 Å². The lowest BCUT2D eigenvalue weighted by atomic mass is 10.3. The van der Waals surface area contributed by atoms with E-state index in [9.17, 15) is 4.79 Å². The van der Waals surface area contributed by atoms with Crippen molar-refractivity contribution in [1.82, 2.24) is 4.98 Å². The van der Waals surface area contributed by atoms with Crippen molar-refractivity contribution >= 4 is 5.97 Å². The topological polar surface area (TPSA) is 52.3 Å². The summed E-state index contributed by atoms with van der Waals surface area (Å²) in [7, 11) is 0. The molecule has 0 unspecified atom stereocenters. The van der Waals surface area contributed by atoms with Crippen LogP contribution in [0.1, 0.15) is 36.6 Å². The minimum absolute atomic E-state index is 0.255. The maximum atomic E-state index is 11.1. The van der Waals surface area contributed by atoms with Gasteiger partial charge in [0.2, 0.25) is 0 Å². The van der Waals surface area contributed by atoms with Crippen LogP contribution in [0.25, 0.3) is 0 Å². The van der Waals surface area contributed by atoms with Crippen LogP contribution in [0, 0.1) is 0 Å². The fourth-order valence-electron chi connectivity index (χ4n) is 0.938. The first kappa shape index (κ1) is 9.77. The SMILES string of the molecule is CCCc1nc(C(=O)OCC)co1. The summed E-state index contributed by atoms with van der Waals surface area (Å²) in [4.78, 5) is 15.1. The van der Waals surface area contributed by atoms with Gasteiger partial charge in [-0.3, -0.25) is 0 Å². The molecule has 0 aromatic carbocycles. The van der Waals surface area contributed by atoms with Gasteiger partial charge in [-0.1, -0.05) is 6.92 Å². The van der Waals surface area contributed by atoms with Crippen molar-refractivity contribution in [3.05, 3.63) is 17.8 Å². The molecule has 0 bridgehead atoms. The minimum atomic E-state index is -0.423. The standard InChI is InChI=1S/C9H13NO3/c1-3-5-8-10-7(6-13-8)9(11)12-4-2/h6H,3-5H2,1-2H3. The first-order valence-corrected chi connectivity index (χ1v) is 4.39. The highest BCUT2D eigenvalue weighted by molar-refractivity contribution is 5.86. The Morgan fingerprint density at radius 3 is 3.00 bits per heavy atom. The predicted octanol–water partition coefficient (Wildman–Crippen LogP) is 1.80. The van der Waals surface area contributed by atoms with Gasteiger partial charge in [-0.05, 0) is 13.3 Å². The first-order chi connectivity index (χ1) is 6.27. The number of oxazole rings is 1. The molecule has 0 aliphatic carbocycles. The molecule has 0 radical (unpaired) electrons. The van der Waals surface area contributed by atoms with Crippen LogP contribution < -0.4 is 0 Å². The van der Waals surface area contributed by atoms with Gasteiger partial charge in [0, 0.05) is 6.42 Å². The minimum Gasteiger partial charge on any atom is -0.461 e. The smallest absolute Gasteiger partial charge is 0.360 e. The van der Waals surface area contributed by atoms with E-state index >= 15 is 0 Å². The van der Waals surface area contributed by atoms with Gasteiger partial charge in [0.05, 0.1) is 6.61 Å². The van der Waals surface area contributed by atoms with E-state index in [0.29, 0.717) is 12.5 Å². The Kier molecular flexibility index (Phi) is 3.49. The van der Waals surface area contributed by atoms with Gasteiger partial charge in [-0.25, -0.2) is 9.78 Å². The molecule has 0 saturated carbocycles. The maximum absolute atomic E-state index is 11.1. The number of esters is 1. The summed E-state index contributed by atoms with van der Waals surface area (Å²) in [5.74, 6) is 0.166. The van der Waals surface area contributed by atoms with E-state index in [1.807, 2.05) is 6.92 Å². The average molecular weight is 183 g/mol. The zero-order valence-electron chi connectivity index (χ0n) is 7.87. The Balaban J connectivity index is 2.62. The summed E-state index contributed by atoms with van der Waals surface area (Å²) < 4.78 is 9.82. The Labute approximate surface area is 76.9 Å². The molecule has 0 saturated heterocycles. The van der Waals surface area contributed by atoms with Crippen LogP contribution in [0.3, 0.4) is 0 Å². The van der Waals surface area contributed by atoms with Gasteiger partial charge < -0.3 is 9.15 Å². The van der Waals surface area contributed by atoms with Crippen molar-refractivity contribution in [2.45, 2.75) is 26.7 Å². The highest BCUT2D eigenvalue weighted by Crippen LogP contribution is 2.05. The summed E-state index contributed by atoms with van der Waals surface area (Å²) in [6.07, 6.45) is 3.03. The summed E-state index contributed by atoms with van der Waals surface area (Å²) in [5.41, 5.74) is 0.255. The van der Waals surface area contributed by atoms with E-state index in [0.717, 1.165) is 12.8 Å². The van der Waals surface area contributed by atoms with Gasteiger partial charge in [-0.2, -0.15) is 0 Å². The third kappa shape index (κ3) is 2.57. The van der Waals surface area contributed by atoms with Crippen molar-refractivity contribution in [1.29, 1.82) is 0 Å². The largest absolute Gasteiger partial charge is 0.461 e. The van der Waals surface area contributed by atoms with E-state index in [2.05, 4.69) is 4.98 Å². The average Bonchev–Trinajstić information content (AvgIpc) is 2.54. The summed E-state index contributed by atoms with van der Waals surface area (Å²) in [6.45, 7) is 4.13. The molecule has 72 valence electrons. The summed E-state index contributed by atoms with van der Waals surface area (Å²) >= 11 is 0.